The molecule has 2 aromatic heterocycles. The van der Waals surface area contributed by atoms with Crippen molar-refractivity contribution >= 4 is 11.9 Å². The smallest absolute Gasteiger partial charge is 0.417 e. The number of aromatic nitrogens is 3. The molecule has 1 amide bonds. The van der Waals surface area contributed by atoms with Crippen molar-refractivity contribution in [2.24, 2.45) is 0 Å². The molecular weight excluding hydrogens is 413 g/mol. The van der Waals surface area contributed by atoms with Gasteiger partial charge in [0.2, 0.25) is 0 Å². The van der Waals surface area contributed by atoms with Crippen molar-refractivity contribution in [3.05, 3.63) is 41.3 Å². The van der Waals surface area contributed by atoms with Crippen LogP contribution in [0, 0.1) is 6.92 Å². The van der Waals surface area contributed by atoms with Crippen LogP contribution in [-0.4, -0.2) is 50.2 Å². The van der Waals surface area contributed by atoms with Crippen LogP contribution in [0.15, 0.2) is 24.5 Å². The summed E-state index contributed by atoms with van der Waals surface area (Å²) in [6, 6.07) is 2.22. The number of halogens is 3. The van der Waals surface area contributed by atoms with Gasteiger partial charge in [0.15, 0.2) is 11.9 Å². The quantitative estimate of drug-likeness (QED) is 0.661. The van der Waals surface area contributed by atoms with Crippen LogP contribution in [0.1, 0.15) is 61.1 Å². The summed E-state index contributed by atoms with van der Waals surface area (Å²) in [7, 11) is 0. The molecule has 1 fully saturated rings. The van der Waals surface area contributed by atoms with Crippen LogP contribution < -0.4 is 0 Å². The number of alkyl halides is 3. The second-order valence-electron chi connectivity index (χ2n) is 7.60. The Morgan fingerprint density at radius 1 is 1.26 bits per heavy atom. The third kappa shape index (κ3) is 4.88. The van der Waals surface area contributed by atoms with E-state index in [0.717, 1.165) is 31.7 Å². The third-order valence-corrected chi connectivity index (χ3v) is 5.53. The molecule has 0 bridgehead atoms. The van der Waals surface area contributed by atoms with Crippen LogP contribution in [0.2, 0.25) is 0 Å². The third-order valence-electron chi connectivity index (χ3n) is 5.53. The van der Waals surface area contributed by atoms with E-state index in [4.69, 9.17) is 4.74 Å². The lowest BCUT2D eigenvalue weighted by molar-refractivity contribution is -0.143. The highest BCUT2D eigenvalue weighted by Crippen LogP contribution is 2.29. The van der Waals surface area contributed by atoms with Crippen molar-refractivity contribution in [2.45, 2.75) is 64.8 Å². The molecule has 0 aromatic carbocycles. The number of esters is 1. The minimum absolute atomic E-state index is 0.118. The Morgan fingerprint density at radius 3 is 2.61 bits per heavy atom. The van der Waals surface area contributed by atoms with Crippen molar-refractivity contribution in [1.82, 2.24) is 19.7 Å². The van der Waals surface area contributed by atoms with Gasteiger partial charge in [0.05, 0.1) is 17.5 Å². The summed E-state index contributed by atoms with van der Waals surface area (Å²) in [6.45, 7) is 5.79. The van der Waals surface area contributed by atoms with Gasteiger partial charge < -0.3 is 9.64 Å². The van der Waals surface area contributed by atoms with Crippen LogP contribution in [0.4, 0.5) is 13.2 Å². The van der Waals surface area contributed by atoms with E-state index in [2.05, 4.69) is 10.1 Å². The van der Waals surface area contributed by atoms with Gasteiger partial charge in [-0.3, -0.25) is 4.79 Å². The number of rotatable bonds is 5. The largest absolute Gasteiger partial charge is 0.449 e. The van der Waals surface area contributed by atoms with Gasteiger partial charge in [-0.2, -0.15) is 18.3 Å². The van der Waals surface area contributed by atoms with Gasteiger partial charge in [-0.25, -0.2) is 14.5 Å². The average Bonchev–Trinajstić information content (AvgIpc) is 3.14. The standard InChI is InChI=1S/C21H25F3N4O3/c1-4-16-7-5-6-10-27(16)19(29)14(3)31-20(30)17-12-26-28(13(17)2)18-9-8-15(11-25-18)21(22,23)24/h8-9,11-12,14,16H,4-7,10H2,1-3H3. The first kappa shape index (κ1) is 22.8. The maximum Gasteiger partial charge on any atom is 0.417 e. The molecule has 1 aliphatic heterocycles. The summed E-state index contributed by atoms with van der Waals surface area (Å²) in [4.78, 5) is 31.0. The summed E-state index contributed by atoms with van der Waals surface area (Å²) in [5.41, 5.74) is -0.413. The van der Waals surface area contributed by atoms with E-state index in [9.17, 15) is 22.8 Å². The maximum absolute atomic E-state index is 12.8. The van der Waals surface area contributed by atoms with Crippen molar-refractivity contribution in [3.63, 3.8) is 0 Å². The van der Waals surface area contributed by atoms with Crippen molar-refractivity contribution in [1.29, 1.82) is 0 Å². The summed E-state index contributed by atoms with van der Waals surface area (Å²) >= 11 is 0. The van der Waals surface area contributed by atoms with E-state index in [1.165, 1.54) is 16.9 Å². The minimum atomic E-state index is -4.49. The molecule has 1 saturated heterocycles. The SMILES string of the molecule is CCC1CCCCN1C(=O)C(C)OC(=O)c1cnn(-c2ccc(C(F)(F)F)cn2)c1C. The number of hydrogen-bond acceptors (Lipinski definition) is 5. The van der Waals surface area contributed by atoms with E-state index < -0.39 is 23.8 Å². The summed E-state index contributed by atoms with van der Waals surface area (Å²) < 4.78 is 44.8. The van der Waals surface area contributed by atoms with E-state index in [-0.39, 0.29) is 23.3 Å². The van der Waals surface area contributed by atoms with Crippen LogP contribution in [-0.2, 0) is 15.7 Å². The number of nitrogens with zero attached hydrogens (tertiary/aromatic N) is 4. The topological polar surface area (TPSA) is 77.3 Å². The van der Waals surface area contributed by atoms with Crippen molar-refractivity contribution < 1.29 is 27.5 Å². The normalized spacial score (nSPS) is 18.0. The van der Waals surface area contributed by atoms with Gasteiger partial charge in [0.25, 0.3) is 5.91 Å². The zero-order chi connectivity index (χ0) is 22.8. The molecular formula is C21H25F3N4O3. The van der Waals surface area contributed by atoms with Gasteiger partial charge in [-0.05, 0) is 51.7 Å². The minimum Gasteiger partial charge on any atom is -0.449 e. The lowest BCUT2D eigenvalue weighted by Gasteiger charge is -2.36. The van der Waals surface area contributed by atoms with E-state index in [1.54, 1.807) is 18.7 Å². The lowest BCUT2D eigenvalue weighted by atomic mass is 9.99. The predicted octanol–water partition coefficient (Wildman–Crippen LogP) is 3.93. The zero-order valence-electron chi connectivity index (χ0n) is 17.6. The molecule has 2 atom stereocenters. The molecule has 7 nitrogen and oxygen atoms in total. The Balaban J connectivity index is 1.71. The summed E-state index contributed by atoms with van der Waals surface area (Å²) in [5.74, 6) is -0.816. The Kier molecular flexibility index (Phi) is 6.66. The second kappa shape index (κ2) is 9.07. The average molecular weight is 438 g/mol. The van der Waals surface area contributed by atoms with Gasteiger partial charge in [0.1, 0.15) is 5.56 Å². The molecule has 0 radical (unpaired) electrons. The van der Waals surface area contributed by atoms with Crippen LogP contribution in [0.3, 0.4) is 0 Å². The number of likely N-dealkylation sites (tertiary alicyclic amines) is 1. The first-order chi connectivity index (χ1) is 14.6. The van der Waals surface area contributed by atoms with Crippen LogP contribution in [0.5, 0.6) is 0 Å². The number of pyridine rings is 1. The molecule has 0 spiro atoms. The van der Waals surface area contributed by atoms with Gasteiger partial charge in [0, 0.05) is 18.8 Å². The monoisotopic (exact) mass is 438 g/mol. The van der Waals surface area contributed by atoms with Crippen molar-refractivity contribution in [3.8, 4) is 5.82 Å². The fraction of sp³-hybridized carbons (Fsp3) is 0.524. The molecule has 0 saturated carbocycles. The fourth-order valence-corrected chi connectivity index (χ4v) is 3.74. The highest BCUT2D eigenvalue weighted by Gasteiger charge is 2.32. The molecule has 10 heteroatoms. The Bertz CT molecular complexity index is 940. The first-order valence-electron chi connectivity index (χ1n) is 10.2. The highest BCUT2D eigenvalue weighted by atomic mass is 19.4. The number of carbonyl (C=O) groups is 2. The molecule has 1 aliphatic rings. The molecule has 3 heterocycles. The summed E-state index contributed by atoms with van der Waals surface area (Å²) in [6.07, 6.45) is 0.302. The molecule has 0 N–H and O–H groups in total. The Labute approximate surface area is 178 Å². The van der Waals surface area contributed by atoms with Crippen LogP contribution in [0.25, 0.3) is 5.82 Å². The van der Waals surface area contributed by atoms with Gasteiger partial charge in [-0.15, -0.1) is 0 Å². The molecule has 2 aromatic rings. The van der Waals surface area contributed by atoms with Crippen LogP contribution >= 0.6 is 0 Å². The fourth-order valence-electron chi connectivity index (χ4n) is 3.74. The number of hydrogen-bond donors (Lipinski definition) is 0. The Hall–Kier alpha value is -2.91. The second-order valence-corrected chi connectivity index (χ2v) is 7.60. The predicted molar refractivity (Wildman–Crippen MR) is 106 cm³/mol. The van der Waals surface area contributed by atoms with E-state index >= 15 is 0 Å². The summed E-state index contributed by atoms with van der Waals surface area (Å²) in [5, 5.41) is 4.04. The molecule has 0 aliphatic carbocycles. The number of carbonyl (C=O) groups excluding carboxylic acids is 2. The molecule has 31 heavy (non-hydrogen) atoms. The lowest BCUT2D eigenvalue weighted by Crippen LogP contribution is -2.48. The molecule has 2 unspecified atom stereocenters. The molecule has 168 valence electrons. The Morgan fingerprint density at radius 2 is 2.00 bits per heavy atom. The number of ether oxygens (including phenoxy) is 1. The molecule has 3 rings (SSSR count). The van der Waals surface area contributed by atoms with Crippen molar-refractivity contribution in [2.75, 3.05) is 6.54 Å². The maximum atomic E-state index is 12.8. The van der Waals surface area contributed by atoms with Gasteiger partial charge >= 0.3 is 12.1 Å². The number of piperidine rings is 1. The number of amides is 1. The van der Waals surface area contributed by atoms with Gasteiger partial charge in [-0.1, -0.05) is 6.92 Å². The highest BCUT2D eigenvalue weighted by molar-refractivity contribution is 5.93. The first-order valence-corrected chi connectivity index (χ1v) is 10.2. The van der Waals surface area contributed by atoms with E-state index in [1.807, 2.05) is 6.92 Å². The van der Waals surface area contributed by atoms with E-state index in [0.29, 0.717) is 18.4 Å². The zero-order valence-corrected chi connectivity index (χ0v) is 17.6.